The van der Waals surface area contributed by atoms with Gasteiger partial charge in [0.15, 0.2) is 0 Å². The first-order valence-corrected chi connectivity index (χ1v) is 25.6. The maximum Gasteiger partial charge on any atom is 0.137 e. The average molecular weight is 965 g/mol. The van der Waals surface area contributed by atoms with Gasteiger partial charge in [-0.25, -0.2) is 4.98 Å². The summed E-state index contributed by atoms with van der Waals surface area (Å²) in [5.41, 5.74) is 17.8. The summed E-state index contributed by atoms with van der Waals surface area (Å²) in [5.74, 6) is 2.36. The lowest BCUT2D eigenvalue weighted by Gasteiger charge is -2.23. The lowest BCUT2D eigenvalue weighted by atomic mass is 9.94. The maximum atomic E-state index is 6.77. The summed E-state index contributed by atoms with van der Waals surface area (Å²) in [4.78, 5) is 10.1. The van der Waals surface area contributed by atoms with E-state index in [2.05, 4.69) is 274 Å². The highest BCUT2D eigenvalue weighted by molar-refractivity contribution is 6.13. The number of aryl methyl sites for hydroxylation is 1. The summed E-state index contributed by atoms with van der Waals surface area (Å²) >= 11 is 0. The minimum Gasteiger partial charge on any atom is -0.457 e. The number of pyridine rings is 1. The molecule has 10 aromatic carbocycles. The van der Waals surface area contributed by atoms with E-state index in [-0.39, 0.29) is 0 Å². The Labute approximate surface area is 433 Å². The van der Waals surface area contributed by atoms with E-state index in [4.69, 9.17) is 9.72 Å². The largest absolute Gasteiger partial charge is 0.457 e. The van der Waals surface area contributed by atoms with Crippen molar-refractivity contribution in [2.45, 2.75) is 6.92 Å². The highest BCUT2D eigenvalue weighted by Gasteiger charge is 2.27. The normalized spacial score (nSPS) is 12.6. The second-order valence-electron chi connectivity index (χ2n) is 19.7. The van der Waals surface area contributed by atoms with Crippen LogP contribution in [0.3, 0.4) is 0 Å². The molecule has 0 spiro atoms. The van der Waals surface area contributed by atoms with Crippen LogP contribution >= 0.6 is 0 Å². The number of nitrogens with zero attached hydrogens (tertiary/aromatic N) is 6. The zero-order chi connectivity index (χ0) is 49.7. The van der Waals surface area contributed by atoms with Crippen molar-refractivity contribution in [1.29, 1.82) is 0 Å². The Morgan fingerprint density at radius 1 is 0.387 bits per heavy atom. The summed E-state index contributed by atoms with van der Waals surface area (Å²) in [6, 6.07) is 85.0. The second kappa shape index (κ2) is 16.9. The van der Waals surface area contributed by atoms with Crippen LogP contribution in [0.15, 0.2) is 243 Å². The number of anilines is 3. The Hall–Kier alpha value is -9.85. The third kappa shape index (κ3) is 6.71. The fourth-order valence-corrected chi connectivity index (χ4v) is 12.0. The number of aromatic nitrogens is 4. The summed E-state index contributed by atoms with van der Waals surface area (Å²) in [7, 11) is 2.13. The van der Waals surface area contributed by atoms with Gasteiger partial charge in [0.05, 0.1) is 62.5 Å². The molecule has 1 aliphatic heterocycles. The SMILES string of the molecule is Cc1cc(-n2c3ccccc3c3ccc(Oc4cccc(N5CN(C)c6ccccc65)c4)cc32)ncc1-c1c(-n2c3ccccc3c3ccccc32)cc(-c2ccccc2)cc1-n1c2ccccc2c2ccccc21. The van der Waals surface area contributed by atoms with Gasteiger partial charge in [0.25, 0.3) is 0 Å². The molecule has 0 unspecified atom stereocenters. The first-order valence-electron chi connectivity index (χ1n) is 25.6. The number of para-hydroxylation sites is 7. The van der Waals surface area contributed by atoms with E-state index >= 15 is 0 Å². The van der Waals surface area contributed by atoms with E-state index in [0.29, 0.717) is 0 Å². The van der Waals surface area contributed by atoms with Gasteiger partial charge in [-0.2, -0.15) is 0 Å². The summed E-state index contributed by atoms with van der Waals surface area (Å²) < 4.78 is 14.0. The Morgan fingerprint density at radius 2 is 0.880 bits per heavy atom. The molecule has 15 rings (SSSR count). The van der Waals surface area contributed by atoms with Crippen molar-refractivity contribution in [2.75, 3.05) is 23.5 Å². The number of hydrogen-bond acceptors (Lipinski definition) is 4. The molecule has 356 valence electrons. The molecule has 0 fully saturated rings. The van der Waals surface area contributed by atoms with E-state index in [1.54, 1.807) is 0 Å². The van der Waals surface area contributed by atoms with Crippen molar-refractivity contribution in [2.24, 2.45) is 0 Å². The van der Waals surface area contributed by atoms with Crippen LogP contribution in [0.1, 0.15) is 5.56 Å². The molecule has 7 heteroatoms. The Bertz CT molecular complexity index is 4360. The molecular weight excluding hydrogens is 917 g/mol. The number of hydrogen-bond donors (Lipinski definition) is 0. The van der Waals surface area contributed by atoms with Gasteiger partial charge in [-0.3, -0.25) is 4.57 Å². The van der Waals surface area contributed by atoms with E-state index < -0.39 is 0 Å². The van der Waals surface area contributed by atoms with Crippen molar-refractivity contribution in [3.8, 4) is 50.9 Å². The van der Waals surface area contributed by atoms with Crippen LogP contribution in [-0.4, -0.2) is 32.4 Å². The van der Waals surface area contributed by atoms with Gasteiger partial charge < -0.3 is 23.7 Å². The van der Waals surface area contributed by atoms with Gasteiger partial charge >= 0.3 is 0 Å². The van der Waals surface area contributed by atoms with Crippen LogP contribution in [0, 0.1) is 6.92 Å². The molecule has 7 nitrogen and oxygen atoms in total. The molecule has 0 radical (unpaired) electrons. The lowest BCUT2D eigenvalue weighted by Crippen LogP contribution is -2.23. The number of fused-ring (bicyclic) bond motifs is 10. The molecule has 0 aliphatic carbocycles. The van der Waals surface area contributed by atoms with Gasteiger partial charge in [-0.15, -0.1) is 0 Å². The van der Waals surface area contributed by atoms with E-state index in [1.165, 1.54) is 32.9 Å². The van der Waals surface area contributed by atoms with Crippen LogP contribution in [0.4, 0.5) is 17.1 Å². The van der Waals surface area contributed by atoms with Gasteiger partial charge in [0.1, 0.15) is 17.3 Å². The zero-order valence-electron chi connectivity index (χ0n) is 41.4. The van der Waals surface area contributed by atoms with Crippen molar-refractivity contribution in [3.05, 3.63) is 248 Å². The Morgan fingerprint density at radius 3 is 1.45 bits per heavy atom. The first-order chi connectivity index (χ1) is 37.0. The van der Waals surface area contributed by atoms with Gasteiger partial charge in [-0.1, -0.05) is 140 Å². The van der Waals surface area contributed by atoms with Gasteiger partial charge in [0, 0.05) is 74.5 Å². The molecule has 1 aliphatic rings. The lowest BCUT2D eigenvalue weighted by molar-refractivity contribution is 0.483. The van der Waals surface area contributed by atoms with Gasteiger partial charge in [0.2, 0.25) is 0 Å². The summed E-state index contributed by atoms with van der Waals surface area (Å²) in [6.07, 6.45) is 2.11. The minimum atomic E-state index is 0.751. The van der Waals surface area contributed by atoms with Crippen LogP contribution in [0.2, 0.25) is 0 Å². The summed E-state index contributed by atoms with van der Waals surface area (Å²) in [6.45, 7) is 3.00. The third-order valence-electron chi connectivity index (χ3n) is 15.4. The predicted octanol–water partition coefficient (Wildman–Crippen LogP) is 17.4. The monoisotopic (exact) mass is 964 g/mol. The highest BCUT2D eigenvalue weighted by atomic mass is 16.5. The molecular formula is C68H48N6O. The molecule has 0 N–H and O–H groups in total. The molecule has 0 bridgehead atoms. The molecule has 4 aromatic heterocycles. The van der Waals surface area contributed by atoms with E-state index in [9.17, 15) is 0 Å². The topological polar surface area (TPSA) is 43.4 Å². The quantitative estimate of drug-likeness (QED) is 0.152. The third-order valence-corrected chi connectivity index (χ3v) is 15.4. The van der Waals surface area contributed by atoms with Crippen molar-refractivity contribution in [3.63, 3.8) is 0 Å². The molecule has 0 amide bonds. The minimum absolute atomic E-state index is 0.751. The summed E-state index contributed by atoms with van der Waals surface area (Å²) in [5, 5.41) is 7.12. The highest BCUT2D eigenvalue weighted by Crippen LogP contribution is 2.46. The van der Waals surface area contributed by atoms with Crippen molar-refractivity contribution in [1.82, 2.24) is 18.7 Å². The number of rotatable bonds is 8. The van der Waals surface area contributed by atoms with Gasteiger partial charge in [-0.05, 0) is 109 Å². The number of ether oxygens (including phenoxy) is 1. The molecule has 0 saturated carbocycles. The fourth-order valence-electron chi connectivity index (χ4n) is 12.0. The van der Waals surface area contributed by atoms with Crippen molar-refractivity contribution < 1.29 is 4.74 Å². The van der Waals surface area contributed by atoms with E-state index in [0.717, 1.165) is 113 Å². The molecule has 14 aromatic rings. The maximum absolute atomic E-state index is 6.77. The first kappa shape index (κ1) is 42.8. The van der Waals surface area contributed by atoms with Crippen LogP contribution in [0.5, 0.6) is 11.5 Å². The second-order valence-corrected chi connectivity index (χ2v) is 19.7. The predicted molar refractivity (Wildman–Crippen MR) is 311 cm³/mol. The Kier molecular flexibility index (Phi) is 9.63. The van der Waals surface area contributed by atoms with Crippen LogP contribution < -0.4 is 14.5 Å². The molecule has 0 saturated heterocycles. The molecule has 75 heavy (non-hydrogen) atoms. The average Bonchev–Trinajstić information content (AvgIpc) is 4.22. The van der Waals surface area contributed by atoms with Crippen molar-refractivity contribution >= 4 is 82.5 Å². The number of benzene rings is 10. The zero-order valence-corrected chi connectivity index (χ0v) is 41.4. The fraction of sp³-hybridized carbons (Fsp3) is 0.0441. The van der Waals surface area contributed by atoms with E-state index in [1.807, 2.05) is 6.07 Å². The smallest absolute Gasteiger partial charge is 0.137 e. The molecule has 5 heterocycles. The molecule has 0 atom stereocenters. The van der Waals surface area contributed by atoms with Crippen LogP contribution in [0.25, 0.3) is 105 Å². The standard InChI is InChI=1S/C68H48N6O/c1-44-37-67(74-61-32-15-10-27-54(61)55-36-35-49(41-64(55)74)75-48-22-18-21-47(40-48)71-43-70(2)62-33-16-17-34-63(62)71)69-42-56(44)68-65(72-57-28-11-6-23-50(57)51-24-7-12-29-58(51)72)38-46(45-19-4-3-5-20-45)39-66(68)73-59-30-13-8-25-52(59)53-26-9-14-31-60(53)73/h3-42H,43H2,1-2H3. The Balaban J connectivity index is 0.943. The van der Waals surface area contributed by atoms with Crippen LogP contribution in [-0.2, 0) is 0 Å².